The lowest BCUT2D eigenvalue weighted by Gasteiger charge is -2.34. The van der Waals surface area contributed by atoms with Gasteiger partial charge in [-0.3, -0.25) is 9.69 Å². The van der Waals surface area contributed by atoms with Crippen molar-refractivity contribution in [2.24, 2.45) is 0 Å². The highest BCUT2D eigenvalue weighted by molar-refractivity contribution is 5.92. The molecule has 0 aromatic heterocycles. The van der Waals surface area contributed by atoms with Crippen LogP contribution >= 0.6 is 0 Å². The highest BCUT2D eigenvalue weighted by Gasteiger charge is 2.18. The van der Waals surface area contributed by atoms with Crippen molar-refractivity contribution in [3.8, 4) is 5.75 Å². The number of carbonyl (C=O) groups excluding carboxylic acids is 1. The molecule has 0 spiro atoms. The number of nitrogens with zero attached hydrogens (tertiary/aromatic N) is 2. The van der Waals surface area contributed by atoms with Crippen molar-refractivity contribution in [3.63, 3.8) is 0 Å². The molecule has 1 saturated heterocycles. The van der Waals surface area contributed by atoms with Gasteiger partial charge < -0.3 is 10.0 Å². The first-order valence-electron chi connectivity index (χ1n) is 7.18. The van der Waals surface area contributed by atoms with Gasteiger partial charge in [0.15, 0.2) is 0 Å². The van der Waals surface area contributed by atoms with E-state index in [0.29, 0.717) is 5.56 Å². The van der Waals surface area contributed by atoms with Crippen molar-refractivity contribution in [2.75, 3.05) is 32.7 Å². The molecule has 0 radical (unpaired) electrons. The van der Waals surface area contributed by atoms with Gasteiger partial charge in [0.2, 0.25) is 5.91 Å². The number of aromatic hydroxyl groups is 1. The SMILES string of the molecule is CCCN1CCN(C(=O)C=Cc2ccccc2O)CC1. The van der Waals surface area contributed by atoms with Crippen molar-refractivity contribution in [2.45, 2.75) is 13.3 Å². The minimum Gasteiger partial charge on any atom is -0.507 e. The smallest absolute Gasteiger partial charge is 0.246 e. The lowest BCUT2D eigenvalue weighted by Crippen LogP contribution is -2.48. The quantitative estimate of drug-likeness (QED) is 0.854. The zero-order valence-electron chi connectivity index (χ0n) is 12.0. The average molecular weight is 274 g/mol. The van der Waals surface area contributed by atoms with Crippen LogP contribution in [-0.4, -0.2) is 53.5 Å². The summed E-state index contributed by atoms with van der Waals surface area (Å²) in [6.07, 6.45) is 4.38. The highest BCUT2D eigenvalue weighted by atomic mass is 16.3. The van der Waals surface area contributed by atoms with E-state index in [1.807, 2.05) is 11.0 Å². The predicted octanol–water partition coefficient (Wildman–Crippen LogP) is 1.96. The maximum atomic E-state index is 12.1. The van der Waals surface area contributed by atoms with Crippen LogP contribution in [0.3, 0.4) is 0 Å². The molecule has 0 bridgehead atoms. The van der Waals surface area contributed by atoms with Crippen molar-refractivity contribution in [1.29, 1.82) is 0 Å². The Labute approximate surface area is 120 Å². The maximum absolute atomic E-state index is 12.1. The molecule has 4 heteroatoms. The Kier molecular flexibility index (Phi) is 5.18. The number of para-hydroxylation sites is 1. The van der Waals surface area contributed by atoms with Crippen LogP contribution in [0.15, 0.2) is 30.3 Å². The van der Waals surface area contributed by atoms with Gasteiger partial charge in [-0.2, -0.15) is 0 Å². The highest BCUT2D eigenvalue weighted by Crippen LogP contribution is 2.17. The Morgan fingerprint density at radius 1 is 1.25 bits per heavy atom. The molecular formula is C16H22N2O2. The number of hydrogen-bond donors (Lipinski definition) is 1. The maximum Gasteiger partial charge on any atom is 0.246 e. The van der Waals surface area contributed by atoms with Gasteiger partial charge in [-0.05, 0) is 25.1 Å². The first-order valence-corrected chi connectivity index (χ1v) is 7.18. The summed E-state index contributed by atoms with van der Waals surface area (Å²) in [4.78, 5) is 16.3. The van der Waals surface area contributed by atoms with Gasteiger partial charge in [-0.1, -0.05) is 25.1 Å². The van der Waals surface area contributed by atoms with Crippen LogP contribution in [0.5, 0.6) is 5.75 Å². The number of piperazine rings is 1. The molecule has 20 heavy (non-hydrogen) atoms. The molecule has 1 aliphatic heterocycles. The van der Waals surface area contributed by atoms with Gasteiger partial charge in [-0.25, -0.2) is 0 Å². The van der Waals surface area contributed by atoms with Crippen LogP contribution in [0.25, 0.3) is 6.08 Å². The van der Waals surface area contributed by atoms with Crippen LogP contribution in [-0.2, 0) is 4.79 Å². The normalized spacial score (nSPS) is 16.8. The third kappa shape index (κ3) is 3.84. The molecule has 1 aliphatic rings. The number of amides is 1. The molecule has 0 saturated carbocycles. The fourth-order valence-corrected chi connectivity index (χ4v) is 2.40. The van der Waals surface area contributed by atoms with Crippen LogP contribution in [0.4, 0.5) is 0 Å². The number of carbonyl (C=O) groups is 1. The van der Waals surface area contributed by atoms with Gasteiger partial charge in [0.25, 0.3) is 0 Å². The molecule has 0 unspecified atom stereocenters. The molecule has 2 rings (SSSR count). The van der Waals surface area contributed by atoms with E-state index < -0.39 is 0 Å². The number of phenols is 1. The van der Waals surface area contributed by atoms with Crippen molar-refractivity contribution < 1.29 is 9.90 Å². The third-order valence-electron chi connectivity index (χ3n) is 3.57. The zero-order valence-corrected chi connectivity index (χ0v) is 12.0. The molecule has 1 aromatic carbocycles. The summed E-state index contributed by atoms with van der Waals surface area (Å²) < 4.78 is 0. The van der Waals surface area contributed by atoms with Crippen LogP contribution in [0.2, 0.25) is 0 Å². The largest absolute Gasteiger partial charge is 0.507 e. The molecule has 1 heterocycles. The standard InChI is InChI=1S/C16H22N2O2/c1-2-9-17-10-12-18(13-11-17)16(20)8-7-14-5-3-4-6-15(14)19/h3-8,19H,2,9-13H2,1H3. The molecule has 108 valence electrons. The number of benzene rings is 1. The lowest BCUT2D eigenvalue weighted by atomic mass is 10.2. The molecule has 1 amide bonds. The van der Waals surface area contributed by atoms with Crippen LogP contribution < -0.4 is 0 Å². The van der Waals surface area contributed by atoms with E-state index in [1.54, 1.807) is 30.4 Å². The van der Waals surface area contributed by atoms with E-state index in [1.165, 1.54) is 0 Å². The second-order valence-corrected chi connectivity index (χ2v) is 5.06. The Balaban J connectivity index is 1.88. The van der Waals surface area contributed by atoms with E-state index in [0.717, 1.165) is 39.1 Å². The summed E-state index contributed by atoms with van der Waals surface area (Å²) in [5, 5.41) is 9.64. The van der Waals surface area contributed by atoms with Crippen LogP contribution in [0, 0.1) is 0 Å². The van der Waals surface area contributed by atoms with E-state index in [-0.39, 0.29) is 11.7 Å². The van der Waals surface area contributed by atoms with Crippen molar-refractivity contribution in [3.05, 3.63) is 35.9 Å². The Bertz CT molecular complexity index is 477. The van der Waals surface area contributed by atoms with Gasteiger partial charge >= 0.3 is 0 Å². The number of phenolic OH excluding ortho intramolecular Hbond substituents is 1. The second-order valence-electron chi connectivity index (χ2n) is 5.06. The number of rotatable bonds is 4. The van der Waals surface area contributed by atoms with Crippen LogP contribution in [0.1, 0.15) is 18.9 Å². The predicted molar refractivity (Wildman–Crippen MR) is 80.5 cm³/mol. The molecule has 0 aliphatic carbocycles. The Hall–Kier alpha value is -1.81. The second kappa shape index (κ2) is 7.10. The van der Waals surface area contributed by atoms with Crippen molar-refractivity contribution in [1.82, 2.24) is 9.80 Å². The molecule has 1 N–H and O–H groups in total. The summed E-state index contributed by atoms with van der Waals surface area (Å²) in [6, 6.07) is 7.01. The van der Waals surface area contributed by atoms with Gasteiger partial charge in [0.1, 0.15) is 5.75 Å². The van der Waals surface area contributed by atoms with Gasteiger partial charge in [0.05, 0.1) is 0 Å². The topological polar surface area (TPSA) is 43.8 Å². The average Bonchev–Trinajstić information content (AvgIpc) is 2.47. The van der Waals surface area contributed by atoms with Crippen molar-refractivity contribution >= 4 is 12.0 Å². The molecule has 1 fully saturated rings. The summed E-state index contributed by atoms with van der Waals surface area (Å²) >= 11 is 0. The summed E-state index contributed by atoms with van der Waals surface area (Å²) in [7, 11) is 0. The first kappa shape index (κ1) is 14.6. The summed E-state index contributed by atoms with van der Waals surface area (Å²) in [6.45, 7) is 6.74. The lowest BCUT2D eigenvalue weighted by molar-refractivity contribution is -0.127. The first-order chi connectivity index (χ1) is 9.70. The Morgan fingerprint density at radius 2 is 1.95 bits per heavy atom. The van der Waals surface area contributed by atoms with Gasteiger partial charge in [0, 0.05) is 37.8 Å². The van der Waals surface area contributed by atoms with E-state index in [4.69, 9.17) is 0 Å². The molecule has 4 nitrogen and oxygen atoms in total. The summed E-state index contributed by atoms with van der Waals surface area (Å²) in [5.74, 6) is 0.216. The Morgan fingerprint density at radius 3 is 2.60 bits per heavy atom. The van der Waals surface area contributed by atoms with E-state index in [2.05, 4.69) is 11.8 Å². The fourth-order valence-electron chi connectivity index (χ4n) is 2.40. The minimum atomic E-state index is 0.0180. The van der Waals surface area contributed by atoms with Gasteiger partial charge in [-0.15, -0.1) is 0 Å². The van der Waals surface area contributed by atoms with E-state index in [9.17, 15) is 9.90 Å². The number of hydrogen-bond acceptors (Lipinski definition) is 3. The van der Waals surface area contributed by atoms with E-state index >= 15 is 0 Å². The monoisotopic (exact) mass is 274 g/mol. The molecule has 0 atom stereocenters. The minimum absolute atomic E-state index is 0.0180. The zero-order chi connectivity index (χ0) is 14.4. The third-order valence-corrected chi connectivity index (χ3v) is 3.57. The summed E-state index contributed by atoms with van der Waals surface area (Å²) in [5.41, 5.74) is 0.672. The fraction of sp³-hybridized carbons (Fsp3) is 0.438. The molecule has 1 aromatic rings. The molecular weight excluding hydrogens is 252 g/mol.